The maximum Gasteiger partial charge on any atom is 0.151 e. The van der Waals surface area contributed by atoms with E-state index in [4.69, 9.17) is 0 Å². The number of halogens is 2. The van der Waals surface area contributed by atoms with E-state index < -0.39 is 0 Å². The van der Waals surface area contributed by atoms with Gasteiger partial charge in [0, 0.05) is 19.1 Å². The second-order valence-electron chi connectivity index (χ2n) is 5.35. The average Bonchev–Trinajstić information content (AvgIpc) is 2.40. The van der Waals surface area contributed by atoms with Gasteiger partial charge < -0.3 is 10.2 Å². The van der Waals surface area contributed by atoms with Crippen molar-refractivity contribution in [1.29, 1.82) is 0 Å². The fourth-order valence-corrected chi connectivity index (χ4v) is 2.98. The van der Waals surface area contributed by atoms with Crippen LogP contribution in [-0.4, -0.2) is 35.6 Å². The molecule has 3 heterocycles. The zero-order chi connectivity index (χ0) is 12.8. The number of piperidine rings is 1. The van der Waals surface area contributed by atoms with Gasteiger partial charge in [0.25, 0.3) is 0 Å². The fourth-order valence-electron chi connectivity index (χ4n) is 2.98. The van der Waals surface area contributed by atoms with Crippen molar-refractivity contribution in [1.82, 2.24) is 15.3 Å². The van der Waals surface area contributed by atoms with Crippen LogP contribution in [0.2, 0.25) is 0 Å². The predicted molar refractivity (Wildman–Crippen MR) is 78.9 cm³/mol. The maximum atomic E-state index is 13.6. The lowest BCUT2D eigenvalue weighted by Gasteiger charge is -2.46. The molecule has 0 aliphatic carbocycles. The topological polar surface area (TPSA) is 41.1 Å². The highest BCUT2D eigenvalue weighted by molar-refractivity contribution is 5.85. The van der Waals surface area contributed by atoms with Crippen molar-refractivity contribution >= 4 is 29.3 Å². The largest absolute Gasteiger partial charge is 0.354 e. The molecule has 1 aromatic heterocycles. The lowest BCUT2D eigenvalue weighted by molar-refractivity contribution is 0.196. The lowest BCUT2D eigenvalue weighted by Crippen LogP contribution is -2.62. The SMILES string of the molecule is Cl.Fc1cccc2nc(N3CCC4CNC4C3)cnc12. The Balaban J connectivity index is 0.00000121. The van der Waals surface area contributed by atoms with Gasteiger partial charge in [-0.25, -0.2) is 14.4 Å². The number of hydrogen-bond acceptors (Lipinski definition) is 4. The summed E-state index contributed by atoms with van der Waals surface area (Å²) in [7, 11) is 0. The van der Waals surface area contributed by atoms with Crippen molar-refractivity contribution in [2.75, 3.05) is 24.5 Å². The second-order valence-corrected chi connectivity index (χ2v) is 5.35. The molecular formula is C14H16ClFN4. The zero-order valence-corrected chi connectivity index (χ0v) is 11.7. The van der Waals surface area contributed by atoms with Gasteiger partial charge in [-0.1, -0.05) is 6.07 Å². The molecule has 0 amide bonds. The van der Waals surface area contributed by atoms with E-state index in [1.54, 1.807) is 12.3 Å². The lowest BCUT2D eigenvalue weighted by atomic mass is 9.85. The molecule has 4 rings (SSSR count). The van der Waals surface area contributed by atoms with Gasteiger partial charge in [-0.05, 0) is 31.0 Å². The number of nitrogens with one attached hydrogen (secondary N) is 1. The summed E-state index contributed by atoms with van der Waals surface area (Å²) in [6, 6.07) is 5.48. The number of benzene rings is 1. The van der Waals surface area contributed by atoms with E-state index in [-0.39, 0.29) is 18.2 Å². The van der Waals surface area contributed by atoms with Crippen LogP contribution in [-0.2, 0) is 0 Å². The smallest absolute Gasteiger partial charge is 0.151 e. The number of para-hydroxylation sites is 1. The van der Waals surface area contributed by atoms with Crippen LogP contribution in [0.5, 0.6) is 0 Å². The fraction of sp³-hybridized carbons (Fsp3) is 0.429. The molecule has 4 nitrogen and oxygen atoms in total. The van der Waals surface area contributed by atoms with Crippen molar-refractivity contribution in [2.45, 2.75) is 12.5 Å². The van der Waals surface area contributed by atoms with Crippen molar-refractivity contribution in [3.05, 3.63) is 30.2 Å². The molecule has 2 aliphatic rings. The first kappa shape index (κ1) is 13.5. The van der Waals surface area contributed by atoms with Crippen LogP contribution in [0.4, 0.5) is 10.2 Å². The third-order valence-corrected chi connectivity index (χ3v) is 4.23. The third-order valence-electron chi connectivity index (χ3n) is 4.23. The predicted octanol–water partition coefficient (Wildman–Crippen LogP) is 1.99. The van der Waals surface area contributed by atoms with Gasteiger partial charge in [0.05, 0.1) is 11.7 Å². The van der Waals surface area contributed by atoms with Gasteiger partial charge in [-0.15, -0.1) is 12.4 Å². The first-order chi connectivity index (χ1) is 9.31. The Bertz CT molecular complexity index is 636. The van der Waals surface area contributed by atoms with E-state index in [9.17, 15) is 4.39 Å². The molecule has 0 saturated carbocycles. The van der Waals surface area contributed by atoms with Gasteiger partial charge in [0.1, 0.15) is 11.3 Å². The van der Waals surface area contributed by atoms with Gasteiger partial charge >= 0.3 is 0 Å². The summed E-state index contributed by atoms with van der Waals surface area (Å²) in [5, 5.41) is 3.44. The van der Waals surface area contributed by atoms with E-state index in [1.165, 1.54) is 12.5 Å². The Kier molecular flexibility index (Phi) is 3.48. The molecule has 106 valence electrons. The molecule has 2 saturated heterocycles. The summed E-state index contributed by atoms with van der Waals surface area (Å²) in [5.41, 5.74) is 0.976. The van der Waals surface area contributed by atoms with Crippen LogP contribution in [0.15, 0.2) is 24.4 Å². The van der Waals surface area contributed by atoms with Crippen molar-refractivity contribution < 1.29 is 4.39 Å². The molecule has 0 spiro atoms. The van der Waals surface area contributed by atoms with Crippen molar-refractivity contribution in [3.8, 4) is 0 Å². The molecule has 1 N–H and O–H groups in total. The van der Waals surface area contributed by atoms with Crippen molar-refractivity contribution in [3.63, 3.8) is 0 Å². The van der Waals surface area contributed by atoms with Crippen LogP contribution in [0.1, 0.15) is 6.42 Å². The summed E-state index contributed by atoms with van der Waals surface area (Å²) in [6.45, 7) is 3.13. The Hall–Kier alpha value is -1.46. The monoisotopic (exact) mass is 294 g/mol. The van der Waals surface area contributed by atoms with E-state index in [0.717, 1.165) is 31.4 Å². The number of fused-ring (bicyclic) bond motifs is 2. The number of aromatic nitrogens is 2. The van der Waals surface area contributed by atoms with E-state index in [2.05, 4.69) is 20.2 Å². The summed E-state index contributed by atoms with van der Waals surface area (Å²) >= 11 is 0. The zero-order valence-electron chi connectivity index (χ0n) is 10.9. The molecular weight excluding hydrogens is 279 g/mol. The number of anilines is 1. The van der Waals surface area contributed by atoms with E-state index in [1.807, 2.05) is 6.07 Å². The summed E-state index contributed by atoms with van der Waals surface area (Å²) in [5.74, 6) is 1.36. The highest BCUT2D eigenvalue weighted by atomic mass is 35.5. The first-order valence-corrected chi connectivity index (χ1v) is 6.71. The average molecular weight is 295 g/mol. The molecule has 2 fully saturated rings. The van der Waals surface area contributed by atoms with Crippen LogP contribution < -0.4 is 10.2 Å². The summed E-state index contributed by atoms with van der Waals surface area (Å²) in [4.78, 5) is 11.0. The quantitative estimate of drug-likeness (QED) is 0.873. The van der Waals surface area contributed by atoms with Crippen LogP contribution in [0.3, 0.4) is 0 Å². The molecule has 6 heteroatoms. The Morgan fingerprint density at radius 1 is 1.35 bits per heavy atom. The molecule has 2 aromatic rings. The molecule has 2 aliphatic heterocycles. The number of rotatable bonds is 1. The molecule has 0 bridgehead atoms. The Labute approximate surface area is 122 Å². The van der Waals surface area contributed by atoms with E-state index in [0.29, 0.717) is 17.1 Å². The Morgan fingerprint density at radius 2 is 2.25 bits per heavy atom. The molecule has 1 aromatic carbocycles. The number of hydrogen-bond donors (Lipinski definition) is 1. The van der Waals surface area contributed by atoms with Gasteiger partial charge in [0.15, 0.2) is 5.82 Å². The molecule has 20 heavy (non-hydrogen) atoms. The molecule has 0 radical (unpaired) electrons. The van der Waals surface area contributed by atoms with Crippen LogP contribution in [0.25, 0.3) is 11.0 Å². The third kappa shape index (κ3) is 2.11. The minimum atomic E-state index is -0.309. The summed E-state index contributed by atoms with van der Waals surface area (Å²) in [6.07, 6.45) is 2.88. The van der Waals surface area contributed by atoms with Crippen molar-refractivity contribution in [2.24, 2.45) is 5.92 Å². The first-order valence-electron chi connectivity index (χ1n) is 6.71. The van der Waals surface area contributed by atoms with Gasteiger partial charge in [-0.2, -0.15) is 0 Å². The minimum Gasteiger partial charge on any atom is -0.354 e. The normalized spacial score (nSPS) is 24.8. The molecule has 2 atom stereocenters. The van der Waals surface area contributed by atoms with Gasteiger partial charge in [0.2, 0.25) is 0 Å². The van der Waals surface area contributed by atoms with Gasteiger partial charge in [-0.3, -0.25) is 0 Å². The standard InChI is InChI=1S/C14H15FN4.ClH/c15-10-2-1-3-11-14(10)17-7-13(18-11)19-5-4-9-6-16-12(9)8-19;/h1-3,7,9,12,16H,4-6,8H2;1H. The van der Waals surface area contributed by atoms with E-state index >= 15 is 0 Å². The minimum absolute atomic E-state index is 0. The number of nitrogens with zero attached hydrogens (tertiary/aromatic N) is 3. The molecule has 2 unspecified atom stereocenters. The highest BCUT2D eigenvalue weighted by Crippen LogP contribution is 2.27. The maximum absolute atomic E-state index is 13.6. The summed E-state index contributed by atoms with van der Waals surface area (Å²) < 4.78 is 13.6. The second kappa shape index (κ2) is 5.14. The van der Waals surface area contributed by atoms with Crippen LogP contribution in [0, 0.1) is 11.7 Å². The Morgan fingerprint density at radius 3 is 3.00 bits per heavy atom. The highest BCUT2D eigenvalue weighted by Gasteiger charge is 2.35. The van der Waals surface area contributed by atoms with Crippen LogP contribution >= 0.6 is 12.4 Å².